The Labute approximate surface area is 335 Å². The number of ketones is 2. The normalized spacial score (nSPS) is 13.2. The van der Waals surface area contributed by atoms with Crippen LogP contribution in [-0.4, -0.2) is 17.5 Å². The van der Waals surface area contributed by atoms with Gasteiger partial charge in [0, 0.05) is 49.6 Å². The van der Waals surface area contributed by atoms with Gasteiger partial charge in [0.25, 0.3) is 5.91 Å². The van der Waals surface area contributed by atoms with Crippen LogP contribution in [0.1, 0.15) is 64.3 Å². The van der Waals surface area contributed by atoms with Crippen LogP contribution in [0.2, 0.25) is 0 Å². The number of benzene rings is 5. The monoisotopic (exact) mass is 826 g/mol. The second kappa shape index (κ2) is 20.4. The molecule has 0 spiro atoms. The largest absolute Gasteiger partial charge is 0.504 e. The van der Waals surface area contributed by atoms with Gasteiger partial charge in [-0.05, 0) is 67.9 Å². The number of carbonyl (C=O) groups is 3. The summed E-state index contributed by atoms with van der Waals surface area (Å²) in [5.41, 5.74) is 4.42. The summed E-state index contributed by atoms with van der Waals surface area (Å²) in [6.07, 6.45) is -1.44. The molecule has 1 heterocycles. The second-order valence-electron chi connectivity index (χ2n) is 11.0. The average Bonchev–Trinajstić information content (AvgIpc) is 3.17. The Morgan fingerprint density at radius 1 is 0.769 bits per heavy atom. The maximum absolute atomic E-state index is 12.0. The molecule has 0 fully saturated rings. The number of hydrogen-bond acceptors (Lipinski definition) is 8. The van der Waals surface area contributed by atoms with Crippen molar-refractivity contribution in [1.82, 2.24) is 0 Å². The van der Waals surface area contributed by atoms with E-state index in [4.69, 9.17) is 25.3 Å². The number of hydrogen-bond donors (Lipinski definition) is 1. The fourth-order valence-corrected chi connectivity index (χ4v) is 5.06. The molecule has 5 aromatic carbocycles. The van der Waals surface area contributed by atoms with Gasteiger partial charge < -0.3 is 14.8 Å². The number of amides is 1. The van der Waals surface area contributed by atoms with Gasteiger partial charge in [0.05, 0.1) is 45.4 Å². The zero-order chi connectivity index (χ0) is 36.8. The van der Waals surface area contributed by atoms with E-state index in [9.17, 15) is 14.4 Å². The summed E-state index contributed by atoms with van der Waals surface area (Å²) in [5.74, 6) is 0.829. The average molecular weight is 828 g/mol. The smallest absolute Gasteiger partial charge is 0.270 e. The summed E-state index contributed by atoms with van der Waals surface area (Å²) in [6, 6.07) is 44.2. The molecule has 1 N–H and O–H groups in total. The molecule has 255 valence electrons. The minimum absolute atomic E-state index is 0. The van der Waals surface area contributed by atoms with E-state index in [0.29, 0.717) is 45.0 Å². The Kier molecular flexibility index (Phi) is 16.1. The molecule has 0 aliphatic carbocycles. The van der Waals surface area contributed by atoms with E-state index in [1.165, 1.54) is 13.8 Å². The first-order valence-electron chi connectivity index (χ1n) is 15.5. The molecular weight excluding hydrogens is 797 g/mol. The van der Waals surface area contributed by atoms with Crippen molar-refractivity contribution in [2.45, 2.75) is 30.9 Å². The van der Waals surface area contributed by atoms with Gasteiger partial charge in [0.2, 0.25) is 6.10 Å². The third kappa shape index (κ3) is 11.6. The molecule has 1 amide bonds. The van der Waals surface area contributed by atoms with E-state index in [1.54, 1.807) is 91.0 Å². The first-order chi connectivity index (χ1) is 24.6. The quantitative estimate of drug-likeness (QED) is 0.127. The molecule has 11 heteroatoms. The molecule has 1 aliphatic heterocycles. The third-order valence-electron chi connectivity index (χ3n) is 7.22. The van der Waals surface area contributed by atoms with Gasteiger partial charge >= 0.3 is 0 Å². The Balaban J connectivity index is 0.000000213. The Bertz CT molecular complexity index is 2100. The van der Waals surface area contributed by atoms with Gasteiger partial charge in [0.1, 0.15) is 11.5 Å². The fraction of sp³-hybridized carbons (Fsp3) is 0.122. The standard InChI is InChI=1S/C16H12NO2.C15H10N2O2.C10H8BrNO.Y/c1-12(18)16(19-15-8-3-2-4-9-15)14-7-5-6-13(10-14)11-17;16-9-10-4-3-5-11(8-10)14-15(18)17-12-6-1-2-7-13(12)19-14;1-7(13)10(11)9-4-2-3-8(5-9)6-12;/h2-8,10,16H,1H3;1-8,14H,(H,17,18);2-5,10H,1H3;/q-1;;;/t16-;14-;10-;/m101./s1. The van der Waals surface area contributed by atoms with Gasteiger partial charge in [-0.2, -0.15) is 34.0 Å². The maximum Gasteiger partial charge on any atom is 0.270 e. The van der Waals surface area contributed by atoms with Crippen LogP contribution in [0.3, 0.4) is 0 Å². The van der Waals surface area contributed by atoms with Gasteiger partial charge in [-0.3, -0.25) is 14.4 Å². The Hall–Kier alpha value is -5.44. The summed E-state index contributed by atoms with van der Waals surface area (Å²) in [7, 11) is 0. The van der Waals surface area contributed by atoms with E-state index in [1.807, 2.05) is 36.4 Å². The van der Waals surface area contributed by atoms with E-state index in [-0.39, 0.29) is 55.0 Å². The van der Waals surface area contributed by atoms with Gasteiger partial charge in [-0.25, -0.2) is 0 Å². The molecule has 1 radical (unpaired) electrons. The molecule has 9 nitrogen and oxygen atoms in total. The van der Waals surface area contributed by atoms with Gasteiger partial charge in [-0.1, -0.05) is 64.5 Å². The van der Waals surface area contributed by atoms with Crippen molar-refractivity contribution in [2.24, 2.45) is 0 Å². The van der Waals surface area contributed by atoms with Crippen molar-refractivity contribution >= 4 is 39.1 Å². The molecule has 0 saturated heterocycles. The van der Waals surface area contributed by atoms with Crippen LogP contribution in [0.15, 0.2) is 121 Å². The van der Waals surface area contributed by atoms with Crippen molar-refractivity contribution < 1.29 is 56.6 Å². The number of nitriles is 3. The number of Topliss-reactive ketones (excluding diaryl/α,β-unsaturated/α-hetero) is 2. The van der Waals surface area contributed by atoms with Crippen LogP contribution in [0, 0.1) is 40.1 Å². The number of ether oxygens (including phenoxy) is 2. The molecule has 5 aromatic rings. The Morgan fingerprint density at radius 3 is 1.94 bits per heavy atom. The van der Waals surface area contributed by atoms with Crippen LogP contribution >= 0.6 is 15.9 Å². The number of carbonyl (C=O) groups excluding carboxylic acids is 3. The first kappa shape index (κ1) is 41.0. The molecule has 0 saturated carbocycles. The van der Waals surface area contributed by atoms with Crippen molar-refractivity contribution in [1.29, 1.82) is 15.8 Å². The number of alkyl halides is 1. The number of halogens is 1. The molecule has 52 heavy (non-hydrogen) atoms. The van der Waals surface area contributed by atoms with E-state index >= 15 is 0 Å². The summed E-state index contributed by atoms with van der Waals surface area (Å²) in [4.78, 5) is 34.5. The fourth-order valence-electron chi connectivity index (χ4n) is 4.78. The number of para-hydroxylation sites is 3. The zero-order valence-electron chi connectivity index (χ0n) is 28.1. The molecular formula is C41H30BrN4O5Y-. The predicted molar refractivity (Wildman–Crippen MR) is 194 cm³/mol. The van der Waals surface area contributed by atoms with Crippen LogP contribution in [0.5, 0.6) is 11.5 Å². The van der Waals surface area contributed by atoms with Crippen molar-refractivity contribution in [3.05, 3.63) is 161 Å². The zero-order valence-corrected chi connectivity index (χ0v) is 32.5. The number of fused-ring (bicyclic) bond motifs is 1. The number of anilines is 1. The molecule has 0 aromatic heterocycles. The summed E-state index contributed by atoms with van der Waals surface area (Å²) < 4.78 is 11.4. The minimum Gasteiger partial charge on any atom is -0.504 e. The van der Waals surface area contributed by atoms with Crippen LogP contribution in [0.4, 0.5) is 5.69 Å². The number of nitrogens with zero attached hydrogens (tertiary/aromatic N) is 3. The summed E-state index contributed by atoms with van der Waals surface area (Å²) in [5, 5.41) is 29.2. The molecule has 6 rings (SSSR count). The topological polar surface area (TPSA) is 153 Å². The van der Waals surface area contributed by atoms with Crippen LogP contribution in [-0.2, 0) is 47.1 Å². The molecule has 1 aliphatic rings. The van der Waals surface area contributed by atoms with Gasteiger partial charge in [0.15, 0.2) is 11.9 Å². The van der Waals surface area contributed by atoms with Crippen molar-refractivity contribution in [3.63, 3.8) is 0 Å². The third-order valence-corrected chi connectivity index (χ3v) is 8.40. The number of rotatable bonds is 7. The van der Waals surface area contributed by atoms with Gasteiger partial charge in [-0.15, -0.1) is 12.1 Å². The SMILES string of the molecule is CC(=O)[C@@H](Br)c1cccc(C#N)c1.CC(=O)[C@@H](Oc1[c-]cccc1)c1cccc(C#N)c1.N#Cc1cccc([C@@H]2Oc3ccccc3NC2=O)c1.[Y]. The van der Waals surface area contributed by atoms with E-state index in [0.717, 1.165) is 5.56 Å². The first-order valence-corrected chi connectivity index (χ1v) is 16.4. The van der Waals surface area contributed by atoms with Crippen molar-refractivity contribution in [3.8, 4) is 29.7 Å². The predicted octanol–water partition coefficient (Wildman–Crippen LogP) is 8.28. The summed E-state index contributed by atoms with van der Waals surface area (Å²) in [6.45, 7) is 2.98. The molecule has 3 atom stereocenters. The van der Waals surface area contributed by atoms with Crippen molar-refractivity contribution in [2.75, 3.05) is 5.32 Å². The summed E-state index contributed by atoms with van der Waals surface area (Å²) >= 11 is 3.25. The second-order valence-corrected chi connectivity index (χ2v) is 11.9. The van der Waals surface area contributed by atoms with Crippen LogP contribution < -0.4 is 14.8 Å². The molecule has 0 bridgehead atoms. The minimum atomic E-state index is -0.719. The maximum atomic E-state index is 12.0. The van der Waals surface area contributed by atoms with Crippen LogP contribution in [0.25, 0.3) is 0 Å². The van der Waals surface area contributed by atoms with E-state index < -0.39 is 12.2 Å². The van der Waals surface area contributed by atoms with E-state index in [2.05, 4.69) is 39.5 Å². The molecule has 0 unspecified atom stereocenters. The number of nitrogens with one attached hydrogen (secondary N) is 1. The Morgan fingerprint density at radius 2 is 1.35 bits per heavy atom.